The Hall–Kier alpha value is -0.920. The Labute approximate surface area is 126 Å². The molecule has 0 aromatic carbocycles. The summed E-state index contributed by atoms with van der Waals surface area (Å²) in [4.78, 5) is 0. The zero-order chi connectivity index (χ0) is 15.3. The van der Waals surface area contributed by atoms with Crippen LogP contribution in [0.4, 0.5) is 0 Å². The number of hydrogen-bond donors (Lipinski definition) is 1. The third-order valence-electron chi connectivity index (χ3n) is 3.73. The van der Waals surface area contributed by atoms with Gasteiger partial charge in [0.1, 0.15) is 0 Å². The molecule has 1 N–H and O–H groups in total. The Bertz CT molecular complexity index is 514. The molecule has 0 amide bonds. The van der Waals surface area contributed by atoms with Crippen LogP contribution < -0.4 is 4.72 Å². The maximum absolute atomic E-state index is 12.2. The second-order valence-corrected chi connectivity index (χ2v) is 7.67. The van der Waals surface area contributed by atoms with E-state index in [0.29, 0.717) is 0 Å². The van der Waals surface area contributed by atoms with E-state index < -0.39 is 10.0 Å². The average Bonchev–Trinajstić information content (AvgIpc) is 2.91. The summed E-state index contributed by atoms with van der Waals surface area (Å²) in [5.41, 5.74) is 0. The van der Waals surface area contributed by atoms with Crippen molar-refractivity contribution in [1.29, 1.82) is 0 Å². The minimum absolute atomic E-state index is 0.00745. The van der Waals surface area contributed by atoms with Crippen LogP contribution in [0.25, 0.3) is 0 Å². The van der Waals surface area contributed by atoms with Crippen LogP contribution in [0.15, 0.2) is 18.5 Å². The van der Waals surface area contributed by atoms with E-state index >= 15 is 0 Å². The van der Waals surface area contributed by atoms with Crippen molar-refractivity contribution in [2.75, 3.05) is 12.4 Å². The van der Waals surface area contributed by atoms with E-state index in [0.717, 1.165) is 25.7 Å². The topological polar surface area (TPSA) is 73.2 Å². The highest BCUT2D eigenvalue weighted by atomic mass is 32.2. The molecular formula is C14H25N3O3S. The molecule has 0 aliphatic heterocycles. The molecule has 7 heteroatoms. The van der Waals surface area contributed by atoms with Crippen molar-refractivity contribution in [3.63, 3.8) is 0 Å². The molecule has 6 nitrogen and oxygen atoms in total. The summed E-state index contributed by atoms with van der Waals surface area (Å²) < 4.78 is 34.4. The van der Waals surface area contributed by atoms with E-state index in [1.807, 2.05) is 30.8 Å². The highest BCUT2D eigenvalue weighted by Gasteiger charge is 2.30. The molecule has 1 heterocycles. The van der Waals surface area contributed by atoms with E-state index in [9.17, 15) is 8.42 Å². The zero-order valence-electron chi connectivity index (χ0n) is 12.7. The smallest absolute Gasteiger partial charge is 0.214 e. The molecule has 0 spiro atoms. The van der Waals surface area contributed by atoms with Crippen LogP contribution in [0.5, 0.6) is 0 Å². The minimum Gasteiger partial charge on any atom is -0.378 e. The summed E-state index contributed by atoms with van der Waals surface area (Å²) in [6.07, 6.45) is 7.65. The van der Waals surface area contributed by atoms with Gasteiger partial charge in [0.25, 0.3) is 0 Å². The van der Waals surface area contributed by atoms with Gasteiger partial charge in [-0.15, -0.1) is 0 Å². The van der Waals surface area contributed by atoms with E-state index in [1.165, 1.54) is 0 Å². The molecule has 0 saturated heterocycles. The van der Waals surface area contributed by atoms with Gasteiger partial charge in [0.15, 0.2) is 0 Å². The number of nitrogens with one attached hydrogen (secondary N) is 1. The molecular weight excluding hydrogens is 290 g/mol. The summed E-state index contributed by atoms with van der Waals surface area (Å²) in [7, 11) is -3.32. The lowest BCUT2D eigenvalue weighted by atomic mass is 9.91. The molecule has 1 fully saturated rings. The molecule has 1 aromatic rings. The molecule has 120 valence electrons. The Morgan fingerprint density at radius 2 is 2.14 bits per heavy atom. The first-order valence-electron chi connectivity index (χ1n) is 7.58. The average molecular weight is 315 g/mol. The van der Waals surface area contributed by atoms with E-state index in [2.05, 4.69) is 9.82 Å². The molecule has 1 aliphatic carbocycles. The van der Waals surface area contributed by atoms with Gasteiger partial charge in [0.05, 0.1) is 24.5 Å². The second kappa shape index (κ2) is 7.38. The van der Waals surface area contributed by atoms with Crippen molar-refractivity contribution in [1.82, 2.24) is 14.5 Å². The van der Waals surface area contributed by atoms with Gasteiger partial charge < -0.3 is 4.74 Å². The summed E-state index contributed by atoms with van der Waals surface area (Å²) in [5.74, 6) is 0.00745. The highest BCUT2D eigenvalue weighted by molar-refractivity contribution is 7.89. The number of rotatable bonds is 7. The van der Waals surface area contributed by atoms with Crippen LogP contribution >= 0.6 is 0 Å². The SMILES string of the molecule is CC(C)OCCS(=O)(=O)NC1CCCCC1n1cccn1. The van der Waals surface area contributed by atoms with Crippen LogP contribution in [-0.2, 0) is 14.8 Å². The maximum atomic E-state index is 12.2. The van der Waals surface area contributed by atoms with Gasteiger partial charge >= 0.3 is 0 Å². The van der Waals surface area contributed by atoms with Crippen LogP contribution in [0.1, 0.15) is 45.6 Å². The number of ether oxygens (including phenoxy) is 1. The third kappa shape index (κ3) is 5.09. The molecule has 1 saturated carbocycles. The lowest BCUT2D eigenvalue weighted by Gasteiger charge is -2.32. The van der Waals surface area contributed by atoms with E-state index in [-0.39, 0.29) is 30.5 Å². The Balaban J connectivity index is 1.95. The molecule has 0 bridgehead atoms. The van der Waals surface area contributed by atoms with Gasteiger partial charge in [0, 0.05) is 18.4 Å². The molecule has 21 heavy (non-hydrogen) atoms. The fraction of sp³-hybridized carbons (Fsp3) is 0.786. The fourth-order valence-electron chi connectivity index (χ4n) is 2.73. The first-order valence-corrected chi connectivity index (χ1v) is 9.24. The molecule has 0 radical (unpaired) electrons. The zero-order valence-corrected chi connectivity index (χ0v) is 13.6. The standard InChI is InChI=1S/C14H25N3O3S/c1-12(2)20-10-11-21(18,19)16-13-6-3-4-7-14(13)17-9-5-8-15-17/h5,8-9,12-14,16H,3-4,6-7,10-11H2,1-2H3. The van der Waals surface area contributed by atoms with Crippen LogP contribution in [-0.4, -0.2) is 42.7 Å². The second-order valence-electron chi connectivity index (χ2n) is 5.80. The Morgan fingerprint density at radius 3 is 2.81 bits per heavy atom. The molecule has 2 rings (SSSR count). The summed E-state index contributed by atoms with van der Waals surface area (Å²) >= 11 is 0. The fourth-order valence-corrected chi connectivity index (χ4v) is 3.89. The van der Waals surface area contributed by atoms with Crippen LogP contribution in [0.2, 0.25) is 0 Å². The quantitative estimate of drug-likeness (QED) is 0.831. The molecule has 1 aromatic heterocycles. The number of sulfonamides is 1. The number of hydrogen-bond acceptors (Lipinski definition) is 4. The largest absolute Gasteiger partial charge is 0.378 e. The van der Waals surface area contributed by atoms with Crippen molar-refractivity contribution >= 4 is 10.0 Å². The molecule has 2 unspecified atom stereocenters. The normalized spacial score (nSPS) is 23.6. The van der Waals surface area contributed by atoms with Crippen molar-refractivity contribution in [2.45, 2.75) is 57.7 Å². The maximum Gasteiger partial charge on any atom is 0.214 e. The predicted octanol–water partition coefficient (Wildman–Crippen LogP) is 1.71. The van der Waals surface area contributed by atoms with Gasteiger partial charge in [-0.25, -0.2) is 13.1 Å². The first-order chi connectivity index (χ1) is 9.98. The van der Waals surface area contributed by atoms with Gasteiger partial charge in [0.2, 0.25) is 10.0 Å². The van der Waals surface area contributed by atoms with E-state index in [4.69, 9.17) is 4.74 Å². The van der Waals surface area contributed by atoms with Gasteiger partial charge in [-0.05, 0) is 32.8 Å². The summed E-state index contributed by atoms with van der Waals surface area (Å²) in [6, 6.07) is 1.90. The number of aromatic nitrogens is 2. The lowest BCUT2D eigenvalue weighted by molar-refractivity contribution is 0.0910. The molecule has 1 aliphatic rings. The van der Waals surface area contributed by atoms with Gasteiger partial charge in [-0.1, -0.05) is 12.8 Å². The summed E-state index contributed by atoms with van der Waals surface area (Å²) in [5, 5.41) is 4.26. The minimum atomic E-state index is -3.32. The Morgan fingerprint density at radius 1 is 1.38 bits per heavy atom. The van der Waals surface area contributed by atoms with Crippen molar-refractivity contribution in [3.05, 3.63) is 18.5 Å². The lowest BCUT2D eigenvalue weighted by Crippen LogP contribution is -2.44. The monoisotopic (exact) mass is 315 g/mol. The predicted molar refractivity (Wildman–Crippen MR) is 81.5 cm³/mol. The van der Waals surface area contributed by atoms with Crippen molar-refractivity contribution < 1.29 is 13.2 Å². The van der Waals surface area contributed by atoms with Crippen LogP contribution in [0, 0.1) is 0 Å². The highest BCUT2D eigenvalue weighted by Crippen LogP contribution is 2.28. The summed E-state index contributed by atoms with van der Waals surface area (Å²) in [6.45, 7) is 4.02. The van der Waals surface area contributed by atoms with E-state index in [1.54, 1.807) is 6.20 Å². The van der Waals surface area contributed by atoms with Crippen molar-refractivity contribution in [3.8, 4) is 0 Å². The van der Waals surface area contributed by atoms with Crippen molar-refractivity contribution in [2.24, 2.45) is 0 Å². The molecule has 2 atom stereocenters. The van der Waals surface area contributed by atoms with Gasteiger partial charge in [-0.3, -0.25) is 4.68 Å². The van der Waals surface area contributed by atoms with Crippen LogP contribution in [0.3, 0.4) is 0 Å². The Kier molecular flexibility index (Phi) is 5.78. The van der Waals surface area contributed by atoms with Gasteiger partial charge in [-0.2, -0.15) is 5.10 Å². The first kappa shape index (κ1) is 16.5. The third-order valence-corrected chi connectivity index (χ3v) is 5.09. The number of nitrogens with zero attached hydrogens (tertiary/aromatic N) is 2.